The first-order chi connectivity index (χ1) is 14.9. The third kappa shape index (κ3) is 6.33. The molecule has 0 saturated heterocycles. The molecule has 1 atom stereocenters. The zero-order valence-electron chi connectivity index (χ0n) is 17.8. The summed E-state index contributed by atoms with van der Waals surface area (Å²) in [4.78, 5) is 28.3. The predicted octanol–water partition coefficient (Wildman–Crippen LogP) is 4.28. The van der Waals surface area contributed by atoms with E-state index in [4.69, 9.17) is 9.15 Å². The van der Waals surface area contributed by atoms with E-state index in [1.54, 1.807) is 30.3 Å². The SMILES string of the molecule is CNC(=O)c1cc(Oc2ccccc2NC(=O)NC(C)CCc2ccc(C)o2)ccn1. The molecule has 3 rings (SSSR count). The summed E-state index contributed by atoms with van der Waals surface area (Å²) >= 11 is 0. The molecule has 0 spiro atoms. The molecule has 0 radical (unpaired) electrons. The monoisotopic (exact) mass is 422 g/mol. The van der Waals surface area contributed by atoms with Crippen LogP contribution < -0.4 is 20.7 Å². The molecule has 0 saturated carbocycles. The Morgan fingerprint density at radius 1 is 1.16 bits per heavy atom. The second kappa shape index (κ2) is 10.3. The van der Waals surface area contributed by atoms with Gasteiger partial charge in [-0.25, -0.2) is 4.79 Å². The highest BCUT2D eigenvalue weighted by Crippen LogP contribution is 2.29. The van der Waals surface area contributed by atoms with Gasteiger partial charge in [-0.3, -0.25) is 9.78 Å². The minimum atomic E-state index is -0.333. The molecular weight excluding hydrogens is 396 g/mol. The van der Waals surface area contributed by atoms with Crippen LogP contribution in [-0.2, 0) is 6.42 Å². The smallest absolute Gasteiger partial charge is 0.319 e. The fourth-order valence-corrected chi connectivity index (χ4v) is 2.95. The lowest BCUT2D eigenvalue weighted by Gasteiger charge is -2.16. The number of nitrogens with one attached hydrogen (secondary N) is 3. The van der Waals surface area contributed by atoms with Gasteiger partial charge in [0.1, 0.15) is 23.0 Å². The van der Waals surface area contributed by atoms with Crippen molar-refractivity contribution in [3.8, 4) is 11.5 Å². The van der Waals surface area contributed by atoms with E-state index in [9.17, 15) is 9.59 Å². The number of hydrogen-bond donors (Lipinski definition) is 3. The molecule has 0 aliphatic rings. The summed E-state index contributed by atoms with van der Waals surface area (Å²) in [5, 5.41) is 8.26. The molecule has 0 aliphatic heterocycles. The van der Waals surface area contributed by atoms with Crippen molar-refractivity contribution in [1.29, 1.82) is 0 Å². The maximum absolute atomic E-state index is 12.5. The molecule has 162 valence electrons. The van der Waals surface area contributed by atoms with Crippen LogP contribution in [0.2, 0.25) is 0 Å². The Balaban J connectivity index is 1.59. The topological polar surface area (TPSA) is 105 Å². The Labute approximate surface area is 181 Å². The predicted molar refractivity (Wildman–Crippen MR) is 118 cm³/mol. The van der Waals surface area contributed by atoms with Gasteiger partial charge in [0, 0.05) is 31.8 Å². The van der Waals surface area contributed by atoms with E-state index in [2.05, 4.69) is 20.9 Å². The number of carbonyl (C=O) groups is 2. The van der Waals surface area contributed by atoms with Crippen LogP contribution in [0.25, 0.3) is 0 Å². The van der Waals surface area contributed by atoms with Gasteiger partial charge in [-0.05, 0) is 50.6 Å². The van der Waals surface area contributed by atoms with Gasteiger partial charge in [0.05, 0.1) is 5.69 Å². The van der Waals surface area contributed by atoms with Crippen molar-refractivity contribution in [2.75, 3.05) is 12.4 Å². The van der Waals surface area contributed by atoms with E-state index in [-0.39, 0.29) is 23.7 Å². The first-order valence-electron chi connectivity index (χ1n) is 10.0. The zero-order chi connectivity index (χ0) is 22.2. The molecule has 1 aromatic carbocycles. The van der Waals surface area contributed by atoms with Gasteiger partial charge in [-0.15, -0.1) is 0 Å². The summed E-state index contributed by atoms with van der Waals surface area (Å²) in [6.07, 6.45) is 2.98. The lowest BCUT2D eigenvalue weighted by molar-refractivity contribution is 0.0958. The quantitative estimate of drug-likeness (QED) is 0.503. The van der Waals surface area contributed by atoms with Crippen molar-refractivity contribution in [2.24, 2.45) is 0 Å². The summed E-state index contributed by atoms with van der Waals surface area (Å²) in [6.45, 7) is 3.85. The molecule has 2 aromatic heterocycles. The van der Waals surface area contributed by atoms with Gasteiger partial charge in [0.15, 0.2) is 5.75 Å². The van der Waals surface area contributed by atoms with Crippen LogP contribution in [0.4, 0.5) is 10.5 Å². The second-order valence-electron chi connectivity index (χ2n) is 7.10. The number of aromatic nitrogens is 1. The lowest BCUT2D eigenvalue weighted by Crippen LogP contribution is -2.36. The number of pyridine rings is 1. The van der Waals surface area contributed by atoms with E-state index in [0.717, 1.165) is 24.4 Å². The molecule has 0 bridgehead atoms. The molecule has 3 N–H and O–H groups in total. The number of aryl methyl sites for hydroxylation is 2. The van der Waals surface area contributed by atoms with E-state index in [1.165, 1.54) is 19.3 Å². The molecule has 0 aliphatic carbocycles. The minimum Gasteiger partial charge on any atom is -0.466 e. The van der Waals surface area contributed by atoms with Crippen LogP contribution in [0.1, 0.15) is 35.4 Å². The lowest BCUT2D eigenvalue weighted by atomic mass is 10.1. The molecular formula is C23H26N4O4. The molecule has 3 amide bonds. The highest BCUT2D eigenvalue weighted by atomic mass is 16.5. The Morgan fingerprint density at radius 3 is 2.71 bits per heavy atom. The minimum absolute atomic E-state index is 0.0474. The maximum atomic E-state index is 12.5. The fraction of sp³-hybridized carbons (Fsp3) is 0.261. The number of furan rings is 1. The first kappa shape index (κ1) is 21.9. The van der Waals surface area contributed by atoms with E-state index in [1.807, 2.05) is 26.0 Å². The van der Waals surface area contributed by atoms with Crippen LogP contribution in [0.3, 0.4) is 0 Å². The van der Waals surface area contributed by atoms with E-state index in [0.29, 0.717) is 17.2 Å². The number of urea groups is 1. The van der Waals surface area contributed by atoms with Gasteiger partial charge in [-0.1, -0.05) is 12.1 Å². The number of carbonyl (C=O) groups excluding carboxylic acids is 2. The average Bonchev–Trinajstić information content (AvgIpc) is 3.18. The van der Waals surface area contributed by atoms with Crippen LogP contribution >= 0.6 is 0 Å². The number of benzene rings is 1. The van der Waals surface area contributed by atoms with Gasteiger partial charge >= 0.3 is 6.03 Å². The molecule has 3 aromatic rings. The van der Waals surface area contributed by atoms with Crippen molar-refractivity contribution in [3.05, 3.63) is 71.9 Å². The van der Waals surface area contributed by atoms with Crippen molar-refractivity contribution in [1.82, 2.24) is 15.6 Å². The summed E-state index contributed by atoms with van der Waals surface area (Å²) in [5.41, 5.74) is 0.746. The van der Waals surface area contributed by atoms with Crippen LogP contribution in [0.5, 0.6) is 11.5 Å². The van der Waals surface area contributed by atoms with Gasteiger partial charge in [-0.2, -0.15) is 0 Å². The largest absolute Gasteiger partial charge is 0.466 e. The number of para-hydroxylation sites is 2. The Bertz CT molecular complexity index is 1050. The number of ether oxygens (including phenoxy) is 1. The number of rotatable bonds is 8. The summed E-state index contributed by atoms with van der Waals surface area (Å²) in [6, 6.07) is 13.7. The van der Waals surface area contributed by atoms with E-state index < -0.39 is 0 Å². The van der Waals surface area contributed by atoms with E-state index >= 15 is 0 Å². The van der Waals surface area contributed by atoms with Crippen molar-refractivity contribution in [2.45, 2.75) is 32.7 Å². The second-order valence-corrected chi connectivity index (χ2v) is 7.10. The average molecular weight is 422 g/mol. The normalized spacial score (nSPS) is 11.5. The van der Waals surface area contributed by atoms with Crippen LogP contribution in [0.15, 0.2) is 59.1 Å². The third-order valence-electron chi connectivity index (χ3n) is 4.55. The molecule has 0 fully saturated rings. The van der Waals surface area contributed by atoms with Crippen molar-refractivity contribution < 1.29 is 18.7 Å². The molecule has 2 heterocycles. The third-order valence-corrected chi connectivity index (χ3v) is 4.55. The number of hydrogen-bond acceptors (Lipinski definition) is 5. The summed E-state index contributed by atoms with van der Waals surface area (Å²) in [7, 11) is 1.53. The Hall–Kier alpha value is -3.81. The zero-order valence-corrected chi connectivity index (χ0v) is 17.8. The molecule has 1 unspecified atom stereocenters. The molecule has 8 nitrogen and oxygen atoms in total. The van der Waals surface area contributed by atoms with Crippen LogP contribution in [0, 0.1) is 6.92 Å². The summed E-state index contributed by atoms with van der Waals surface area (Å²) < 4.78 is 11.4. The Morgan fingerprint density at radius 2 is 1.97 bits per heavy atom. The van der Waals surface area contributed by atoms with Gasteiger partial charge < -0.3 is 25.1 Å². The fourth-order valence-electron chi connectivity index (χ4n) is 2.95. The molecule has 8 heteroatoms. The van der Waals surface area contributed by atoms with Crippen molar-refractivity contribution in [3.63, 3.8) is 0 Å². The maximum Gasteiger partial charge on any atom is 0.319 e. The van der Waals surface area contributed by atoms with Crippen molar-refractivity contribution >= 4 is 17.6 Å². The number of amides is 3. The Kier molecular flexibility index (Phi) is 7.26. The van der Waals surface area contributed by atoms with Gasteiger partial charge in [0.2, 0.25) is 0 Å². The first-order valence-corrected chi connectivity index (χ1v) is 10.0. The molecule has 31 heavy (non-hydrogen) atoms. The number of nitrogens with zero attached hydrogens (tertiary/aromatic N) is 1. The standard InChI is InChI=1S/C23H26N4O4/c1-15(8-10-17-11-9-16(2)30-17)26-23(29)27-19-6-4-5-7-21(19)31-18-12-13-25-20(14-18)22(28)24-3/h4-7,9,11-15H,8,10H2,1-3H3,(H,24,28)(H2,26,27,29). The van der Waals surface area contributed by atoms with Gasteiger partial charge in [0.25, 0.3) is 5.91 Å². The highest BCUT2D eigenvalue weighted by Gasteiger charge is 2.13. The highest BCUT2D eigenvalue weighted by molar-refractivity contribution is 5.92. The summed E-state index contributed by atoms with van der Waals surface area (Å²) in [5.74, 6) is 2.35. The number of anilines is 1. The van der Waals surface area contributed by atoms with Crippen LogP contribution in [-0.4, -0.2) is 30.0 Å².